The quantitative estimate of drug-likeness (QED) is 0.800. The van der Waals surface area contributed by atoms with E-state index in [9.17, 15) is 9.59 Å². The number of fused-ring (bicyclic) bond motifs is 1. The highest BCUT2D eigenvalue weighted by Gasteiger charge is 2.45. The van der Waals surface area contributed by atoms with Crippen molar-refractivity contribution in [1.29, 1.82) is 0 Å². The van der Waals surface area contributed by atoms with E-state index in [2.05, 4.69) is 0 Å². The van der Waals surface area contributed by atoms with E-state index in [1.807, 2.05) is 30.9 Å². The fourth-order valence-corrected chi connectivity index (χ4v) is 3.78. The van der Waals surface area contributed by atoms with Crippen LogP contribution in [0.25, 0.3) is 0 Å². The van der Waals surface area contributed by atoms with Gasteiger partial charge in [-0.05, 0) is 43.9 Å². The van der Waals surface area contributed by atoms with E-state index in [4.69, 9.17) is 4.74 Å². The van der Waals surface area contributed by atoms with Gasteiger partial charge >= 0.3 is 0 Å². The first-order chi connectivity index (χ1) is 11.0. The predicted octanol–water partition coefficient (Wildman–Crippen LogP) is 3.04. The number of ketones is 1. The van der Waals surface area contributed by atoms with E-state index in [-0.39, 0.29) is 11.7 Å². The first kappa shape index (κ1) is 14.7. The van der Waals surface area contributed by atoms with Crippen molar-refractivity contribution >= 4 is 11.7 Å². The van der Waals surface area contributed by atoms with Crippen molar-refractivity contribution in [1.82, 2.24) is 4.90 Å². The number of ether oxygens (including phenoxy) is 1. The van der Waals surface area contributed by atoms with Crippen molar-refractivity contribution in [3.63, 3.8) is 0 Å². The van der Waals surface area contributed by atoms with Crippen LogP contribution in [0.3, 0.4) is 0 Å². The molecule has 0 bridgehead atoms. The van der Waals surface area contributed by atoms with E-state index >= 15 is 0 Å². The fraction of sp³-hybridized carbons (Fsp3) is 0.579. The number of hydrogen-bond acceptors (Lipinski definition) is 3. The summed E-state index contributed by atoms with van der Waals surface area (Å²) in [5, 5.41) is 0. The number of Topliss-reactive ketones (excluding diaryl/α,β-unsaturated/α-hetero) is 1. The Morgan fingerprint density at radius 2 is 1.91 bits per heavy atom. The molecule has 23 heavy (non-hydrogen) atoms. The van der Waals surface area contributed by atoms with Gasteiger partial charge in [0.25, 0.3) is 0 Å². The molecule has 122 valence electrons. The maximum Gasteiger partial charge on any atom is 0.225 e. The number of nitrogens with zero attached hydrogens (tertiary/aromatic N) is 1. The number of benzene rings is 1. The summed E-state index contributed by atoms with van der Waals surface area (Å²) in [5.74, 6) is 1.51. The molecule has 1 aromatic rings. The van der Waals surface area contributed by atoms with E-state index in [0.29, 0.717) is 25.4 Å². The zero-order valence-electron chi connectivity index (χ0n) is 13.9. The number of piperidine rings is 1. The van der Waals surface area contributed by atoms with Crippen LogP contribution in [-0.2, 0) is 4.79 Å². The first-order valence-corrected chi connectivity index (χ1v) is 8.60. The van der Waals surface area contributed by atoms with Crippen LogP contribution in [0.1, 0.15) is 53.6 Å². The molecule has 4 rings (SSSR count). The van der Waals surface area contributed by atoms with E-state index in [1.54, 1.807) is 0 Å². The molecule has 0 radical (unpaired) electrons. The van der Waals surface area contributed by atoms with Gasteiger partial charge in [0, 0.05) is 31.8 Å². The minimum atomic E-state index is -0.414. The lowest BCUT2D eigenvalue weighted by molar-refractivity contribution is -0.136. The Morgan fingerprint density at radius 1 is 1.22 bits per heavy atom. The Kier molecular flexibility index (Phi) is 3.26. The summed E-state index contributed by atoms with van der Waals surface area (Å²) in [6.45, 7) is 5.49. The third-order valence-corrected chi connectivity index (χ3v) is 5.69. The fourth-order valence-electron chi connectivity index (χ4n) is 3.78. The van der Waals surface area contributed by atoms with Gasteiger partial charge in [0.05, 0.1) is 12.0 Å². The topological polar surface area (TPSA) is 46.6 Å². The number of hydrogen-bond donors (Lipinski definition) is 0. The molecule has 2 aliphatic heterocycles. The third kappa shape index (κ3) is 2.44. The SMILES string of the molecule is Cc1ccc2c(c1C)OC1(CCN(C(=O)C3CC3)CC1)CC2=O. The molecule has 2 heterocycles. The van der Waals surface area contributed by atoms with Crippen molar-refractivity contribution in [2.75, 3.05) is 13.1 Å². The van der Waals surface area contributed by atoms with Gasteiger partial charge in [0.15, 0.2) is 5.78 Å². The Morgan fingerprint density at radius 3 is 2.57 bits per heavy atom. The second-order valence-corrected chi connectivity index (χ2v) is 7.37. The van der Waals surface area contributed by atoms with E-state index in [1.165, 1.54) is 0 Å². The van der Waals surface area contributed by atoms with Crippen LogP contribution in [0.15, 0.2) is 12.1 Å². The van der Waals surface area contributed by atoms with Crippen molar-refractivity contribution in [2.45, 2.75) is 51.6 Å². The van der Waals surface area contributed by atoms with Crippen LogP contribution in [0.4, 0.5) is 0 Å². The summed E-state index contributed by atoms with van der Waals surface area (Å²) >= 11 is 0. The molecule has 1 aromatic carbocycles. The monoisotopic (exact) mass is 313 g/mol. The highest BCUT2D eigenvalue weighted by Crippen LogP contribution is 2.42. The smallest absolute Gasteiger partial charge is 0.225 e. The zero-order chi connectivity index (χ0) is 16.2. The summed E-state index contributed by atoms with van der Waals surface area (Å²) in [5.41, 5.74) is 2.51. The van der Waals surface area contributed by atoms with Crippen LogP contribution >= 0.6 is 0 Å². The number of aryl methyl sites for hydroxylation is 1. The maximum absolute atomic E-state index is 12.6. The molecule has 1 saturated heterocycles. The van der Waals surface area contributed by atoms with Gasteiger partial charge in [-0.1, -0.05) is 6.07 Å². The van der Waals surface area contributed by atoms with Gasteiger partial charge in [-0.15, -0.1) is 0 Å². The van der Waals surface area contributed by atoms with Crippen LogP contribution in [0, 0.1) is 19.8 Å². The normalized spacial score (nSPS) is 22.7. The summed E-state index contributed by atoms with van der Waals surface area (Å²) in [6.07, 6.45) is 4.03. The third-order valence-electron chi connectivity index (χ3n) is 5.69. The maximum atomic E-state index is 12.6. The van der Waals surface area contributed by atoms with Crippen LogP contribution in [-0.4, -0.2) is 35.3 Å². The van der Waals surface area contributed by atoms with Crippen molar-refractivity contribution in [3.8, 4) is 5.75 Å². The highest BCUT2D eigenvalue weighted by atomic mass is 16.5. The molecule has 4 heteroatoms. The molecule has 1 spiro atoms. The average molecular weight is 313 g/mol. The predicted molar refractivity (Wildman–Crippen MR) is 86.8 cm³/mol. The van der Waals surface area contributed by atoms with E-state index in [0.717, 1.165) is 48.1 Å². The standard InChI is InChI=1S/C19H23NO3/c1-12-3-6-15-16(21)11-19(23-17(15)13(12)2)7-9-20(10-8-19)18(22)14-4-5-14/h3,6,14H,4-5,7-11H2,1-2H3. The lowest BCUT2D eigenvalue weighted by Crippen LogP contribution is -2.52. The molecule has 0 unspecified atom stereocenters. The second-order valence-electron chi connectivity index (χ2n) is 7.37. The number of carbonyl (C=O) groups excluding carboxylic acids is 2. The minimum absolute atomic E-state index is 0.177. The molecule has 1 saturated carbocycles. The van der Waals surface area contributed by atoms with Crippen LogP contribution in [0.5, 0.6) is 5.75 Å². The Labute approximate surface area is 136 Å². The number of rotatable bonds is 1. The molecule has 1 aliphatic carbocycles. The molecular weight excluding hydrogens is 290 g/mol. The largest absolute Gasteiger partial charge is 0.486 e. The summed E-state index contributed by atoms with van der Waals surface area (Å²) in [4.78, 5) is 26.8. The molecule has 3 aliphatic rings. The zero-order valence-corrected chi connectivity index (χ0v) is 13.9. The van der Waals surface area contributed by atoms with E-state index < -0.39 is 5.60 Å². The van der Waals surface area contributed by atoms with Gasteiger partial charge in [0.2, 0.25) is 5.91 Å². The lowest BCUT2D eigenvalue weighted by Gasteiger charge is -2.44. The molecular formula is C19H23NO3. The van der Waals surface area contributed by atoms with Crippen molar-refractivity contribution in [2.24, 2.45) is 5.92 Å². The summed E-state index contributed by atoms with van der Waals surface area (Å²) in [7, 11) is 0. The van der Waals surface area contributed by atoms with Gasteiger partial charge in [-0.25, -0.2) is 0 Å². The average Bonchev–Trinajstić information content (AvgIpc) is 3.36. The van der Waals surface area contributed by atoms with Gasteiger partial charge in [0.1, 0.15) is 11.4 Å². The molecule has 0 N–H and O–H groups in total. The lowest BCUT2D eigenvalue weighted by atomic mass is 9.81. The van der Waals surface area contributed by atoms with Crippen molar-refractivity contribution in [3.05, 3.63) is 28.8 Å². The van der Waals surface area contributed by atoms with Gasteiger partial charge < -0.3 is 9.64 Å². The number of amides is 1. The van der Waals surface area contributed by atoms with Crippen molar-refractivity contribution < 1.29 is 14.3 Å². The Balaban J connectivity index is 1.56. The molecule has 0 aromatic heterocycles. The molecule has 4 nitrogen and oxygen atoms in total. The summed E-state index contributed by atoms with van der Waals surface area (Å²) in [6, 6.07) is 3.88. The highest BCUT2D eigenvalue weighted by molar-refractivity contribution is 6.01. The number of likely N-dealkylation sites (tertiary alicyclic amines) is 1. The molecule has 0 atom stereocenters. The Bertz CT molecular complexity index is 682. The minimum Gasteiger partial charge on any atom is -0.486 e. The van der Waals surface area contributed by atoms with Crippen LogP contribution in [0.2, 0.25) is 0 Å². The molecule has 1 amide bonds. The van der Waals surface area contributed by atoms with Gasteiger partial charge in [-0.2, -0.15) is 0 Å². The first-order valence-electron chi connectivity index (χ1n) is 8.60. The van der Waals surface area contributed by atoms with Gasteiger partial charge in [-0.3, -0.25) is 9.59 Å². The summed E-state index contributed by atoms with van der Waals surface area (Å²) < 4.78 is 6.39. The Hall–Kier alpha value is -1.84. The van der Waals surface area contributed by atoms with Crippen LogP contribution < -0.4 is 4.74 Å². The second kappa shape index (κ2) is 5.08. The molecule has 2 fully saturated rings. The number of carbonyl (C=O) groups is 2.